The minimum absolute atomic E-state index is 0.381. The first-order valence-electron chi connectivity index (χ1n) is 33.4. The predicted molar refractivity (Wildman–Crippen MR) is 326 cm³/mol. The Bertz CT molecular complexity index is 2400. The van der Waals surface area contributed by atoms with Crippen LogP contribution in [0, 0.1) is 0 Å². The van der Waals surface area contributed by atoms with Gasteiger partial charge in [-0.2, -0.15) is 0 Å². The molecule has 0 saturated carbocycles. The zero-order valence-electron chi connectivity index (χ0n) is 57.6. The molecule has 45 atom stereocenters. The van der Waals surface area contributed by atoms with Crippen LogP contribution < -0.4 is 0 Å². The minimum atomic E-state index is -1.81. The van der Waals surface area contributed by atoms with E-state index >= 15 is 0 Å². The van der Waals surface area contributed by atoms with Gasteiger partial charge in [0.1, 0.15) is 220 Å². The van der Waals surface area contributed by atoms with Gasteiger partial charge >= 0.3 is 0 Å². The third-order valence-corrected chi connectivity index (χ3v) is 18.9. The molecule has 45 unspecified atom stereocenters. The van der Waals surface area contributed by atoms with Crippen LogP contribution in [0.1, 0.15) is 0 Å². The van der Waals surface area contributed by atoms with Crippen LogP contribution in [-0.4, -0.2) is 523 Å². The smallest absolute Gasteiger partial charge is 0.187 e. The molecule has 9 heterocycles. The lowest BCUT2D eigenvalue weighted by atomic mass is 9.97. The van der Waals surface area contributed by atoms with Crippen LogP contribution in [0.5, 0.6) is 0 Å². The fourth-order valence-electron chi connectivity index (χ4n) is 12.2. The van der Waals surface area contributed by atoms with Crippen LogP contribution in [0.15, 0.2) is 0 Å². The summed E-state index contributed by atoms with van der Waals surface area (Å²) in [4.78, 5) is 0. The summed E-state index contributed by atoms with van der Waals surface area (Å²) in [6, 6.07) is 0. The third-order valence-electron chi connectivity index (χ3n) is 18.9. The van der Waals surface area contributed by atoms with Crippen LogP contribution in [-0.2, 0) is 85.3 Å². The van der Waals surface area contributed by atoms with Crippen LogP contribution in [0.25, 0.3) is 0 Å². The molecular weight excluding hydrogens is 1480 g/mol. The molecule has 49 nitrogen and oxygen atoms in total. The number of aliphatic hydroxyl groups is 31. The largest absolute Gasteiger partial charge is 0.394 e. The second kappa shape index (κ2) is 43.1. The van der Waals surface area contributed by atoms with E-state index in [0.717, 1.165) is 0 Å². The normalized spacial score (nSPS) is 50.4. The van der Waals surface area contributed by atoms with Crippen LogP contribution in [0.3, 0.4) is 0 Å². The number of hydrogen-bond acceptors (Lipinski definition) is 49. The average Bonchev–Trinajstić information content (AvgIpc) is 0.805. The topological polar surface area (TPSA) is 793 Å². The lowest BCUT2D eigenvalue weighted by Gasteiger charge is -2.46. The van der Waals surface area contributed by atoms with Gasteiger partial charge in [0, 0.05) is 28.4 Å². The molecule has 0 aliphatic carbocycles. The van der Waals surface area contributed by atoms with Crippen LogP contribution in [0.4, 0.5) is 0 Å². The quantitative estimate of drug-likeness (QED) is 0.0452. The molecule has 107 heavy (non-hydrogen) atoms. The molecule has 0 spiro atoms. The average molecular weight is 1590 g/mol. The summed E-state index contributed by atoms with van der Waals surface area (Å²) < 4.78 is 93.8. The Morgan fingerprint density at radius 1 is 0.178 bits per heavy atom. The lowest BCUT2D eigenvalue weighted by molar-refractivity contribution is -0.364. The molecule has 0 bridgehead atoms. The molecule has 49 heteroatoms. The molecule has 9 saturated heterocycles. The number of methoxy groups -OCH3 is 4. The zero-order valence-corrected chi connectivity index (χ0v) is 57.6. The fourth-order valence-corrected chi connectivity index (χ4v) is 12.2. The Balaban J connectivity index is 0.000000227. The monoisotopic (exact) mass is 1590 g/mol. The molecule has 0 aromatic rings. The van der Waals surface area contributed by atoms with Crippen molar-refractivity contribution in [2.45, 2.75) is 276 Å². The van der Waals surface area contributed by atoms with Gasteiger partial charge in [0.2, 0.25) is 0 Å². The molecule has 0 amide bonds. The van der Waals surface area contributed by atoms with E-state index in [-0.39, 0.29) is 6.61 Å². The summed E-state index contributed by atoms with van der Waals surface area (Å²) in [5, 5.41) is 303. The van der Waals surface area contributed by atoms with Gasteiger partial charge in [-0.1, -0.05) is 0 Å². The Kier molecular flexibility index (Phi) is 37.8. The standard InChI is InChI=1S/C19H34O16.3C13H24O11/c1-30-17-15(29)16(35-19-14(28)12(26)9(23)6(3-21)33-19)10(24)7(34-17)4-31-18-13(27)11(25)8(22)5(2-20)32-18;1-21-12-10(20)11(7(17)5(3-15)22-12)24-13-9(19)8(18)6(16)4(2-14)23-13;1-21-12-10(19)9(18)7(16)5(24-12)3-22-13-11(20)8(17)6(15)4(2-14)23-13;1-21-13-11(9(19)7(17)5(3-15)23-13)24-12-10(20)8(18)6(16)4(2-14)22-12/h5-29H,2-4H2,1H3;3*4-20H,2-3H2,1H3. The minimum Gasteiger partial charge on any atom is -0.394 e. The summed E-state index contributed by atoms with van der Waals surface area (Å²) in [7, 11) is 4.91. The summed E-state index contributed by atoms with van der Waals surface area (Å²) in [6.45, 7) is -5.35. The molecular formula is C58H106O49. The molecule has 9 aliphatic heterocycles. The van der Waals surface area contributed by atoms with Crippen LogP contribution >= 0.6 is 0 Å². The SMILES string of the molecule is COC1OC(CO)C(O)C(O)C1OC1OC(CO)C(O)C(O)C1O.COC1OC(CO)C(O)C(OC2OC(CO)C(O)C(O)C2O)C1O.COC1OC(COC2OC(CO)C(O)C(O)C2O)C(O)C(O)C1O.COC1OC(COC2OC(CO)C(O)C(O)C2O)C(O)C(OC2OC(CO)C(O)C(O)C2O)C1O. The highest BCUT2D eigenvalue weighted by Crippen LogP contribution is 2.35. The van der Waals surface area contributed by atoms with Gasteiger partial charge in [-0.15, -0.1) is 0 Å². The van der Waals surface area contributed by atoms with E-state index in [1.54, 1.807) is 0 Å². The van der Waals surface area contributed by atoms with E-state index in [0.29, 0.717) is 0 Å². The first kappa shape index (κ1) is 93.9. The van der Waals surface area contributed by atoms with Gasteiger partial charge in [0.25, 0.3) is 0 Å². The van der Waals surface area contributed by atoms with E-state index < -0.39 is 329 Å². The highest BCUT2D eigenvalue weighted by atomic mass is 16.8. The van der Waals surface area contributed by atoms with Crippen molar-refractivity contribution in [2.24, 2.45) is 0 Å². The van der Waals surface area contributed by atoms with Crippen molar-refractivity contribution in [1.82, 2.24) is 0 Å². The van der Waals surface area contributed by atoms with Crippen molar-refractivity contribution in [1.29, 1.82) is 0 Å². The van der Waals surface area contributed by atoms with E-state index in [1.165, 1.54) is 28.4 Å². The Morgan fingerprint density at radius 3 is 0.654 bits per heavy atom. The van der Waals surface area contributed by atoms with Crippen molar-refractivity contribution in [3.05, 3.63) is 0 Å². The maximum absolute atomic E-state index is 10.8. The van der Waals surface area contributed by atoms with E-state index in [2.05, 4.69) is 0 Å². The number of rotatable bonds is 23. The van der Waals surface area contributed by atoms with E-state index in [4.69, 9.17) is 106 Å². The second-order valence-corrected chi connectivity index (χ2v) is 25.9. The first-order chi connectivity index (χ1) is 50.6. The predicted octanol–water partition coefficient (Wildman–Crippen LogP) is -21.1. The van der Waals surface area contributed by atoms with Gasteiger partial charge in [0.05, 0.1) is 59.5 Å². The number of aliphatic hydroxyl groups excluding tert-OH is 31. The molecule has 9 aliphatic rings. The zero-order chi connectivity index (χ0) is 80.1. The van der Waals surface area contributed by atoms with E-state index in [9.17, 15) is 138 Å². The van der Waals surface area contributed by atoms with Gasteiger partial charge in [-0.25, -0.2) is 0 Å². The molecule has 0 aromatic carbocycles. The summed E-state index contributed by atoms with van der Waals surface area (Å²) in [6.07, 6.45) is -66.1. The van der Waals surface area contributed by atoms with Crippen molar-refractivity contribution < 1.29 is 244 Å². The maximum atomic E-state index is 10.8. The molecule has 632 valence electrons. The maximum Gasteiger partial charge on any atom is 0.187 e. The molecule has 0 radical (unpaired) electrons. The Morgan fingerprint density at radius 2 is 0.364 bits per heavy atom. The van der Waals surface area contributed by atoms with Crippen LogP contribution in [0.2, 0.25) is 0 Å². The van der Waals surface area contributed by atoms with Crippen molar-refractivity contribution in [2.75, 3.05) is 87.9 Å². The lowest BCUT2D eigenvalue weighted by Crippen LogP contribution is -2.65. The first-order valence-corrected chi connectivity index (χ1v) is 33.4. The second-order valence-electron chi connectivity index (χ2n) is 25.9. The van der Waals surface area contributed by atoms with Gasteiger partial charge in [-0.05, 0) is 0 Å². The fraction of sp³-hybridized carbons (Fsp3) is 1.00. The van der Waals surface area contributed by atoms with E-state index in [1.807, 2.05) is 0 Å². The molecule has 31 N–H and O–H groups in total. The van der Waals surface area contributed by atoms with Gasteiger partial charge < -0.3 is 244 Å². The van der Waals surface area contributed by atoms with Crippen molar-refractivity contribution in [3.63, 3.8) is 0 Å². The molecule has 0 aromatic heterocycles. The summed E-state index contributed by atoms with van der Waals surface area (Å²) in [5.74, 6) is 0. The molecule has 9 rings (SSSR count). The summed E-state index contributed by atoms with van der Waals surface area (Å²) in [5.41, 5.74) is 0. The summed E-state index contributed by atoms with van der Waals surface area (Å²) >= 11 is 0. The van der Waals surface area contributed by atoms with Gasteiger partial charge in [-0.3, -0.25) is 0 Å². The van der Waals surface area contributed by atoms with Crippen molar-refractivity contribution >= 4 is 0 Å². The van der Waals surface area contributed by atoms with Crippen molar-refractivity contribution in [3.8, 4) is 0 Å². The highest BCUT2D eigenvalue weighted by Gasteiger charge is 2.56. The highest BCUT2D eigenvalue weighted by molar-refractivity contribution is 4.99. The molecule has 9 fully saturated rings. The third kappa shape index (κ3) is 22.0. The Hall–Kier alpha value is -1.96. The Labute approximate surface area is 606 Å². The number of hydrogen-bond donors (Lipinski definition) is 31. The van der Waals surface area contributed by atoms with Gasteiger partial charge in [0.15, 0.2) is 56.6 Å². The number of ether oxygens (including phenoxy) is 18.